The molecule has 0 spiro atoms. The molecule has 5 aromatic rings. The molecule has 4 aromatic carbocycles. The number of benzene rings is 4. The van der Waals surface area contributed by atoms with E-state index in [1.165, 1.54) is 0 Å². The van der Waals surface area contributed by atoms with Gasteiger partial charge in [0.1, 0.15) is 5.82 Å². The number of carbonyl (C=O) groups is 1. The highest BCUT2D eigenvalue weighted by Crippen LogP contribution is 2.34. The van der Waals surface area contributed by atoms with E-state index in [0.29, 0.717) is 39.4 Å². The molecule has 1 unspecified atom stereocenters. The third-order valence-corrected chi connectivity index (χ3v) is 8.23. The van der Waals surface area contributed by atoms with Crippen LogP contribution >= 0.6 is 43.5 Å². The van der Waals surface area contributed by atoms with E-state index < -0.39 is 0 Å². The highest BCUT2D eigenvalue weighted by molar-refractivity contribution is 9.11. The first-order valence-corrected chi connectivity index (χ1v) is 14.5. The number of hydrogen-bond donors (Lipinski definition) is 0. The summed E-state index contributed by atoms with van der Waals surface area (Å²) in [7, 11) is 0. The van der Waals surface area contributed by atoms with Gasteiger partial charge in [0.2, 0.25) is 0 Å². The second kappa shape index (κ2) is 10.8. The van der Waals surface area contributed by atoms with Gasteiger partial charge in [0, 0.05) is 26.0 Å². The molecule has 6 nitrogen and oxygen atoms in total. The number of aromatic nitrogens is 2. The number of halogens is 3. The predicted octanol–water partition coefficient (Wildman–Crippen LogP) is 7.86. The van der Waals surface area contributed by atoms with Crippen molar-refractivity contribution in [2.75, 3.05) is 0 Å². The fraction of sp³-hybridized carbons (Fsp3) is 0.0968. The fourth-order valence-corrected chi connectivity index (χ4v) is 6.40. The Hall–Kier alpha value is -3.59. The molecule has 0 saturated carbocycles. The van der Waals surface area contributed by atoms with E-state index in [1.807, 2.05) is 60.7 Å². The maximum Gasteiger partial charge on any atom is 0.274 e. The van der Waals surface area contributed by atoms with Crippen molar-refractivity contribution in [3.63, 3.8) is 0 Å². The summed E-state index contributed by atoms with van der Waals surface area (Å²) in [6.07, 6.45) is 0.581. The number of carbonyl (C=O) groups excluding carboxylic acids is 1. The van der Waals surface area contributed by atoms with Crippen molar-refractivity contribution in [1.82, 2.24) is 14.6 Å². The van der Waals surface area contributed by atoms with Gasteiger partial charge in [-0.05, 0) is 82.5 Å². The summed E-state index contributed by atoms with van der Waals surface area (Å²) >= 11 is 13.1. The predicted molar refractivity (Wildman–Crippen MR) is 165 cm³/mol. The van der Waals surface area contributed by atoms with E-state index in [0.717, 1.165) is 25.8 Å². The Bertz CT molecular complexity index is 1850. The lowest BCUT2D eigenvalue weighted by Crippen LogP contribution is -2.27. The maximum atomic E-state index is 13.8. The number of nitrogens with zero attached hydrogens (tertiary/aromatic N) is 4. The molecule has 6 rings (SSSR count). The second-order valence-corrected chi connectivity index (χ2v) is 11.7. The Balaban J connectivity index is 1.37. The van der Waals surface area contributed by atoms with Crippen LogP contribution in [0.15, 0.2) is 110 Å². The summed E-state index contributed by atoms with van der Waals surface area (Å²) in [5.41, 5.74) is 4.26. The number of fused-ring (bicyclic) bond motifs is 1. The Kier molecular flexibility index (Phi) is 7.16. The first kappa shape index (κ1) is 26.6. The summed E-state index contributed by atoms with van der Waals surface area (Å²) in [4.78, 5) is 31.9. The van der Waals surface area contributed by atoms with E-state index in [-0.39, 0.29) is 17.5 Å². The zero-order chi connectivity index (χ0) is 28.0. The van der Waals surface area contributed by atoms with E-state index in [4.69, 9.17) is 16.7 Å². The smallest absolute Gasteiger partial charge is 0.268 e. The number of rotatable bonds is 4. The molecule has 198 valence electrons. The van der Waals surface area contributed by atoms with Crippen LogP contribution in [-0.2, 0) is 0 Å². The van der Waals surface area contributed by atoms with Crippen LogP contribution < -0.4 is 5.56 Å². The van der Waals surface area contributed by atoms with Gasteiger partial charge in [-0.1, -0.05) is 70.0 Å². The summed E-state index contributed by atoms with van der Waals surface area (Å²) in [5, 5.41) is 7.43. The van der Waals surface area contributed by atoms with Crippen molar-refractivity contribution >= 4 is 66.0 Å². The molecule has 2 heterocycles. The maximum absolute atomic E-state index is 13.8. The number of aryl methyl sites for hydroxylation is 1. The van der Waals surface area contributed by atoms with Gasteiger partial charge in [0.25, 0.3) is 11.5 Å². The largest absolute Gasteiger partial charge is 0.274 e. The number of hydrazone groups is 1. The van der Waals surface area contributed by atoms with Crippen molar-refractivity contribution in [3.8, 4) is 5.69 Å². The van der Waals surface area contributed by atoms with Crippen LogP contribution in [0.4, 0.5) is 0 Å². The molecule has 1 aliphatic rings. The molecule has 1 aliphatic heterocycles. The molecule has 1 amide bonds. The van der Waals surface area contributed by atoms with Gasteiger partial charge in [-0.3, -0.25) is 14.2 Å². The van der Waals surface area contributed by atoms with Gasteiger partial charge in [0.15, 0.2) is 0 Å². The third kappa shape index (κ3) is 4.91. The van der Waals surface area contributed by atoms with Crippen LogP contribution in [0.1, 0.15) is 39.8 Å². The van der Waals surface area contributed by atoms with Crippen LogP contribution in [0, 0.1) is 6.92 Å². The second-order valence-electron chi connectivity index (χ2n) is 9.46. The number of hydrogen-bond acceptors (Lipinski definition) is 4. The van der Waals surface area contributed by atoms with Crippen molar-refractivity contribution in [3.05, 3.63) is 138 Å². The molecule has 9 heteroatoms. The Morgan fingerprint density at radius 3 is 2.35 bits per heavy atom. The first-order valence-electron chi connectivity index (χ1n) is 12.5. The average molecular weight is 677 g/mol. The van der Waals surface area contributed by atoms with E-state index in [1.54, 1.807) is 46.8 Å². The molecule has 0 saturated heterocycles. The molecular weight excluding hydrogens is 656 g/mol. The molecule has 0 N–H and O–H groups in total. The standard InChI is InChI=1S/C31H21Br2ClN4O2/c1-18-35-29-25(15-22(32)16-26(29)33)31(40)37(18)24-13-9-21(10-14-24)30(39)38-28(20-7-11-23(34)12-8-20)17-27(36-38)19-5-3-2-4-6-19/h2-16,28H,17H2,1H3. The summed E-state index contributed by atoms with van der Waals surface area (Å²) in [6.45, 7) is 1.79. The number of amides is 1. The molecule has 0 fully saturated rings. The quantitative estimate of drug-likeness (QED) is 0.195. The zero-order valence-electron chi connectivity index (χ0n) is 21.2. The van der Waals surface area contributed by atoms with Crippen LogP contribution in [0.25, 0.3) is 16.6 Å². The lowest BCUT2D eigenvalue weighted by atomic mass is 9.98. The molecule has 1 aromatic heterocycles. The lowest BCUT2D eigenvalue weighted by molar-refractivity contribution is 0.0711. The van der Waals surface area contributed by atoms with Gasteiger partial charge in [-0.2, -0.15) is 5.10 Å². The highest BCUT2D eigenvalue weighted by atomic mass is 79.9. The third-order valence-electron chi connectivity index (χ3n) is 6.91. The van der Waals surface area contributed by atoms with Gasteiger partial charge in [0.05, 0.1) is 28.3 Å². The molecule has 0 radical (unpaired) electrons. The van der Waals surface area contributed by atoms with Crippen molar-refractivity contribution in [2.45, 2.75) is 19.4 Å². The van der Waals surface area contributed by atoms with Gasteiger partial charge >= 0.3 is 0 Å². The molecule has 1 atom stereocenters. The Labute approximate surface area is 252 Å². The minimum absolute atomic E-state index is 0.192. The normalized spacial score (nSPS) is 14.9. The lowest BCUT2D eigenvalue weighted by Gasteiger charge is -2.22. The Morgan fingerprint density at radius 1 is 0.950 bits per heavy atom. The molecule has 40 heavy (non-hydrogen) atoms. The first-order chi connectivity index (χ1) is 19.3. The summed E-state index contributed by atoms with van der Waals surface area (Å²) in [5.74, 6) is 0.310. The van der Waals surface area contributed by atoms with Gasteiger partial charge in [-0.25, -0.2) is 9.99 Å². The topological polar surface area (TPSA) is 67.6 Å². The fourth-order valence-electron chi connectivity index (χ4n) is 4.96. The van der Waals surface area contributed by atoms with Crippen LogP contribution in [0.2, 0.25) is 5.02 Å². The van der Waals surface area contributed by atoms with Crippen LogP contribution in [0.3, 0.4) is 0 Å². The van der Waals surface area contributed by atoms with Crippen LogP contribution in [0.5, 0.6) is 0 Å². The van der Waals surface area contributed by atoms with Crippen molar-refractivity contribution < 1.29 is 4.79 Å². The highest BCUT2D eigenvalue weighted by Gasteiger charge is 2.33. The van der Waals surface area contributed by atoms with Crippen LogP contribution in [-0.4, -0.2) is 26.2 Å². The summed E-state index contributed by atoms with van der Waals surface area (Å²) in [6, 6.07) is 27.7. The summed E-state index contributed by atoms with van der Waals surface area (Å²) < 4.78 is 3.06. The van der Waals surface area contributed by atoms with E-state index in [2.05, 4.69) is 36.8 Å². The van der Waals surface area contributed by atoms with Crippen molar-refractivity contribution in [2.24, 2.45) is 5.10 Å². The average Bonchev–Trinajstić information content (AvgIpc) is 3.40. The molecule has 0 bridgehead atoms. The van der Waals surface area contributed by atoms with E-state index in [9.17, 15) is 9.59 Å². The van der Waals surface area contributed by atoms with Gasteiger partial charge < -0.3 is 0 Å². The SMILES string of the molecule is Cc1nc2c(Br)cc(Br)cc2c(=O)n1-c1ccc(C(=O)N2N=C(c3ccccc3)CC2c2ccc(Cl)cc2)cc1. The zero-order valence-corrected chi connectivity index (χ0v) is 25.1. The molecular formula is C31H21Br2ClN4O2. The minimum atomic E-state index is -0.272. The van der Waals surface area contributed by atoms with E-state index >= 15 is 0 Å². The monoisotopic (exact) mass is 674 g/mol. The van der Waals surface area contributed by atoms with Gasteiger partial charge in [-0.15, -0.1) is 0 Å². The minimum Gasteiger partial charge on any atom is -0.268 e. The molecule has 0 aliphatic carbocycles. The Morgan fingerprint density at radius 2 is 1.65 bits per heavy atom. The van der Waals surface area contributed by atoms with Crippen molar-refractivity contribution in [1.29, 1.82) is 0 Å².